The summed E-state index contributed by atoms with van der Waals surface area (Å²) >= 11 is 2.28. The smallest absolute Gasteiger partial charge is 0.137 e. The Morgan fingerprint density at radius 1 is 1.20 bits per heavy atom. The average molecular weight is 384 g/mol. The van der Waals surface area contributed by atoms with Crippen LogP contribution in [0.2, 0.25) is 0 Å². The van der Waals surface area contributed by atoms with Crippen molar-refractivity contribution in [3.8, 4) is 17.0 Å². The van der Waals surface area contributed by atoms with E-state index in [2.05, 4.69) is 27.6 Å². The number of rotatable bonds is 4. The molecule has 1 N–H and O–H groups in total. The number of aliphatic hydroxyl groups is 1. The molecule has 5 heteroatoms. The van der Waals surface area contributed by atoms with Crippen molar-refractivity contribution in [3.05, 3.63) is 52.4 Å². The molecule has 20 heavy (non-hydrogen) atoms. The van der Waals surface area contributed by atoms with Gasteiger partial charge in [0.05, 0.1) is 12.3 Å². The van der Waals surface area contributed by atoms with Gasteiger partial charge in [-0.3, -0.25) is 0 Å². The molecule has 2 aromatic heterocycles. The van der Waals surface area contributed by atoms with Crippen LogP contribution in [0.1, 0.15) is 0 Å². The Labute approximate surface area is 130 Å². The molecule has 0 spiro atoms. The topological polar surface area (TPSA) is 46.8 Å². The Kier molecular flexibility index (Phi) is 3.88. The standard InChI is InChI=1S/C15H13IN2O2/c16-12-4-5-15-17-14(10-18(15)9-12)11-2-1-3-13(8-11)20-7-6-19/h1-5,8-10,19H,6-7H2/i16+4. The molecular weight excluding hydrogens is 371 g/mol. The highest BCUT2D eigenvalue weighted by atomic mass is 131. The van der Waals surface area contributed by atoms with Crippen molar-refractivity contribution in [2.24, 2.45) is 0 Å². The molecule has 0 fully saturated rings. The van der Waals surface area contributed by atoms with Crippen molar-refractivity contribution in [3.63, 3.8) is 0 Å². The van der Waals surface area contributed by atoms with E-state index in [-0.39, 0.29) is 6.61 Å². The molecule has 0 atom stereocenters. The van der Waals surface area contributed by atoms with Crippen LogP contribution >= 0.6 is 22.6 Å². The zero-order valence-corrected chi connectivity index (χ0v) is 12.8. The van der Waals surface area contributed by atoms with E-state index in [0.717, 1.165) is 22.7 Å². The fourth-order valence-electron chi connectivity index (χ4n) is 2.01. The second-order valence-corrected chi connectivity index (χ2v) is 5.58. The molecule has 0 aliphatic rings. The Morgan fingerprint density at radius 2 is 2.10 bits per heavy atom. The molecule has 4 nitrogen and oxygen atoms in total. The first-order chi connectivity index (χ1) is 9.76. The summed E-state index contributed by atoms with van der Waals surface area (Å²) in [6.07, 6.45) is 4.04. The van der Waals surface area contributed by atoms with Gasteiger partial charge in [0.25, 0.3) is 0 Å². The molecule has 2 heterocycles. The lowest BCUT2D eigenvalue weighted by Gasteiger charge is -2.05. The van der Waals surface area contributed by atoms with E-state index < -0.39 is 0 Å². The van der Waals surface area contributed by atoms with Gasteiger partial charge in [-0.25, -0.2) is 4.98 Å². The number of pyridine rings is 1. The normalized spacial score (nSPS) is 10.9. The third-order valence-electron chi connectivity index (χ3n) is 2.90. The zero-order chi connectivity index (χ0) is 13.9. The lowest BCUT2D eigenvalue weighted by molar-refractivity contribution is 0.201. The minimum absolute atomic E-state index is 0.0109. The molecule has 0 unspecified atom stereocenters. The van der Waals surface area contributed by atoms with E-state index in [9.17, 15) is 0 Å². The van der Waals surface area contributed by atoms with Crippen LogP contribution in [0.25, 0.3) is 16.9 Å². The quantitative estimate of drug-likeness (QED) is 0.704. The van der Waals surface area contributed by atoms with Gasteiger partial charge in [-0.15, -0.1) is 0 Å². The van der Waals surface area contributed by atoms with E-state index in [4.69, 9.17) is 9.84 Å². The molecule has 0 bridgehead atoms. The number of benzene rings is 1. The fraction of sp³-hybridized carbons (Fsp3) is 0.133. The maximum atomic E-state index is 8.79. The number of halogens is 1. The zero-order valence-electron chi connectivity index (χ0n) is 10.7. The van der Waals surface area contributed by atoms with Crippen LogP contribution in [0.15, 0.2) is 48.8 Å². The fourth-order valence-corrected chi connectivity index (χ4v) is 2.49. The van der Waals surface area contributed by atoms with Gasteiger partial charge in [0, 0.05) is 21.5 Å². The van der Waals surface area contributed by atoms with Crippen LogP contribution in [0.3, 0.4) is 0 Å². The van der Waals surface area contributed by atoms with E-state index in [1.54, 1.807) is 0 Å². The van der Waals surface area contributed by atoms with Gasteiger partial charge in [-0.1, -0.05) is 12.1 Å². The second kappa shape index (κ2) is 5.80. The number of hydrogen-bond acceptors (Lipinski definition) is 3. The number of ether oxygens (including phenoxy) is 1. The summed E-state index contributed by atoms with van der Waals surface area (Å²) in [5.41, 5.74) is 2.82. The lowest BCUT2D eigenvalue weighted by Crippen LogP contribution is -2.01. The highest BCUT2D eigenvalue weighted by molar-refractivity contribution is 14.1. The molecule has 3 aromatic rings. The molecule has 0 saturated heterocycles. The number of aliphatic hydroxyl groups excluding tert-OH is 1. The summed E-state index contributed by atoms with van der Waals surface area (Å²) in [4.78, 5) is 4.60. The van der Waals surface area contributed by atoms with E-state index in [1.165, 1.54) is 3.57 Å². The summed E-state index contributed by atoms with van der Waals surface area (Å²) < 4.78 is 8.60. The van der Waals surface area contributed by atoms with Crippen molar-refractivity contribution >= 4 is 28.2 Å². The SMILES string of the molecule is OCCOc1cccc(-c2cn3cc([131I])ccc3n2)c1. The lowest BCUT2D eigenvalue weighted by atomic mass is 10.1. The van der Waals surface area contributed by atoms with Crippen LogP contribution in [-0.4, -0.2) is 27.7 Å². The largest absolute Gasteiger partial charge is 0.491 e. The van der Waals surface area contributed by atoms with Gasteiger partial charge in [-0.05, 0) is 46.9 Å². The van der Waals surface area contributed by atoms with Gasteiger partial charge < -0.3 is 14.2 Å². The number of nitrogens with zero attached hydrogens (tertiary/aromatic N) is 2. The number of hydrogen-bond donors (Lipinski definition) is 1. The molecular formula is C15H13IN2O2. The Hall–Kier alpha value is -1.60. The predicted octanol–water partition coefficient (Wildman–Crippen LogP) is 2.98. The van der Waals surface area contributed by atoms with Crippen molar-refractivity contribution in [1.29, 1.82) is 0 Å². The Balaban J connectivity index is 1.97. The second-order valence-electron chi connectivity index (χ2n) is 4.34. The first-order valence-electron chi connectivity index (χ1n) is 6.24. The summed E-state index contributed by atoms with van der Waals surface area (Å²) in [6.45, 7) is 0.309. The van der Waals surface area contributed by atoms with Crippen LogP contribution in [0.5, 0.6) is 5.75 Å². The van der Waals surface area contributed by atoms with Gasteiger partial charge in [0.2, 0.25) is 0 Å². The van der Waals surface area contributed by atoms with Crippen molar-refractivity contribution in [2.45, 2.75) is 0 Å². The summed E-state index contributed by atoms with van der Waals surface area (Å²) in [5.74, 6) is 0.739. The first-order valence-corrected chi connectivity index (χ1v) is 7.32. The van der Waals surface area contributed by atoms with E-state index >= 15 is 0 Å². The summed E-state index contributed by atoms with van der Waals surface area (Å²) in [6, 6.07) is 11.8. The van der Waals surface area contributed by atoms with Crippen molar-refractivity contribution < 1.29 is 9.84 Å². The van der Waals surface area contributed by atoms with Crippen LogP contribution in [0.4, 0.5) is 0 Å². The van der Waals surface area contributed by atoms with Gasteiger partial charge in [0.1, 0.15) is 18.0 Å². The summed E-state index contributed by atoms with van der Waals surface area (Å²) in [7, 11) is 0. The number of aromatic nitrogens is 2. The highest BCUT2D eigenvalue weighted by Crippen LogP contribution is 2.24. The van der Waals surface area contributed by atoms with Crippen LogP contribution in [-0.2, 0) is 0 Å². The maximum absolute atomic E-state index is 8.79. The summed E-state index contributed by atoms with van der Waals surface area (Å²) in [5, 5.41) is 8.79. The third kappa shape index (κ3) is 2.78. The molecule has 0 amide bonds. The average Bonchev–Trinajstić information content (AvgIpc) is 2.88. The van der Waals surface area contributed by atoms with Gasteiger partial charge in [0.15, 0.2) is 0 Å². The van der Waals surface area contributed by atoms with Crippen LogP contribution in [0, 0.1) is 3.57 Å². The van der Waals surface area contributed by atoms with Crippen molar-refractivity contribution in [2.75, 3.05) is 13.2 Å². The minimum Gasteiger partial charge on any atom is -0.491 e. The third-order valence-corrected chi connectivity index (χ3v) is 3.54. The minimum atomic E-state index is 0.0109. The maximum Gasteiger partial charge on any atom is 0.137 e. The number of fused-ring (bicyclic) bond motifs is 1. The first kappa shape index (κ1) is 13.4. The highest BCUT2D eigenvalue weighted by Gasteiger charge is 2.05. The van der Waals surface area contributed by atoms with Gasteiger partial charge >= 0.3 is 0 Å². The van der Waals surface area contributed by atoms with Gasteiger partial charge in [-0.2, -0.15) is 0 Å². The molecule has 1 aromatic carbocycles. The molecule has 3 rings (SSSR count). The molecule has 0 aliphatic heterocycles. The molecule has 0 saturated carbocycles. The van der Waals surface area contributed by atoms with E-state index in [0.29, 0.717) is 6.61 Å². The molecule has 0 aliphatic carbocycles. The Morgan fingerprint density at radius 3 is 2.95 bits per heavy atom. The Bertz CT molecular complexity index is 740. The van der Waals surface area contributed by atoms with Crippen molar-refractivity contribution in [1.82, 2.24) is 9.38 Å². The van der Waals surface area contributed by atoms with E-state index in [1.807, 2.05) is 53.2 Å². The molecule has 0 radical (unpaired) electrons. The van der Waals surface area contributed by atoms with Crippen LogP contribution < -0.4 is 4.74 Å². The molecule has 102 valence electrons. The number of imidazole rings is 1. The predicted molar refractivity (Wildman–Crippen MR) is 85.9 cm³/mol. The monoisotopic (exact) mass is 384 g/mol.